The van der Waals surface area contributed by atoms with Crippen LogP contribution in [0.1, 0.15) is 15.9 Å². The predicted molar refractivity (Wildman–Crippen MR) is 106 cm³/mol. The van der Waals surface area contributed by atoms with Crippen LogP contribution in [0.25, 0.3) is 0 Å². The van der Waals surface area contributed by atoms with Crippen LogP contribution in [0.3, 0.4) is 0 Å². The van der Waals surface area contributed by atoms with Crippen molar-refractivity contribution in [3.8, 4) is 5.75 Å². The van der Waals surface area contributed by atoms with E-state index in [2.05, 4.69) is 15.9 Å². The summed E-state index contributed by atoms with van der Waals surface area (Å²) in [7, 11) is -4.02. The number of halogens is 2. The van der Waals surface area contributed by atoms with Gasteiger partial charge in [0.15, 0.2) is 0 Å². The molecule has 1 N–H and O–H groups in total. The minimum atomic E-state index is -4.02. The molecule has 0 radical (unpaired) electrons. The summed E-state index contributed by atoms with van der Waals surface area (Å²) in [6.45, 7) is 0.0363. The Morgan fingerprint density at radius 2 is 1.61 bits per heavy atom. The Balaban J connectivity index is 1.67. The molecule has 0 aliphatic rings. The summed E-state index contributed by atoms with van der Waals surface area (Å²) in [4.78, 5) is 12.3. The summed E-state index contributed by atoms with van der Waals surface area (Å²) >= 11 is 3.16. The summed E-state index contributed by atoms with van der Waals surface area (Å²) in [6, 6.07) is 18.3. The smallest absolute Gasteiger partial charge is 0.265 e. The van der Waals surface area contributed by atoms with Gasteiger partial charge in [-0.15, -0.1) is 0 Å². The second-order valence-electron chi connectivity index (χ2n) is 5.77. The Hall–Kier alpha value is -2.71. The molecule has 0 saturated carbocycles. The largest absolute Gasteiger partial charge is 0.489 e. The molecule has 3 aromatic carbocycles. The van der Waals surface area contributed by atoms with E-state index in [1.54, 1.807) is 36.4 Å². The fourth-order valence-electron chi connectivity index (χ4n) is 2.38. The van der Waals surface area contributed by atoms with E-state index in [4.69, 9.17) is 4.74 Å². The van der Waals surface area contributed by atoms with Crippen LogP contribution < -0.4 is 9.46 Å². The molecule has 144 valence electrons. The van der Waals surface area contributed by atoms with Crippen LogP contribution in [-0.2, 0) is 16.6 Å². The Morgan fingerprint density at radius 3 is 2.29 bits per heavy atom. The standard InChI is InChI=1S/C20H15BrFNO4S/c21-17-6-2-4-8-19(17)28(25,26)23-20(24)14-9-11-16(12-10-14)27-13-15-5-1-3-7-18(15)22/h1-12H,13H2,(H,23,24). The third-order valence-corrected chi connectivity index (χ3v) is 6.17. The van der Waals surface area contributed by atoms with Crippen molar-refractivity contribution in [3.05, 3.63) is 94.2 Å². The fraction of sp³-hybridized carbons (Fsp3) is 0.0500. The fourth-order valence-corrected chi connectivity index (χ4v) is 4.36. The number of carbonyl (C=O) groups excluding carboxylic acids is 1. The minimum Gasteiger partial charge on any atom is -0.489 e. The van der Waals surface area contributed by atoms with E-state index in [-0.39, 0.29) is 22.9 Å². The van der Waals surface area contributed by atoms with Crippen LogP contribution in [-0.4, -0.2) is 14.3 Å². The number of amides is 1. The molecular formula is C20H15BrFNO4S. The van der Waals surface area contributed by atoms with Gasteiger partial charge in [-0.25, -0.2) is 17.5 Å². The van der Waals surface area contributed by atoms with Gasteiger partial charge >= 0.3 is 0 Å². The lowest BCUT2D eigenvalue weighted by Gasteiger charge is -2.10. The monoisotopic (exact) mass is 463 g/mol. The van der Waals surface area contributed by atoms with Crippen molar-refractivity contribution in [2.75, 3.05) is 0 Å². The lowest BCUT2D eigenvalue weighted by atomic mass is 10.2. The van der Waals surface area contributed by atoms with Gasteiger partial charge in [0.25, 0.3) is 15.9 Å². The average Bonchev–Trinajstić information content (AvgIpc) is 2.67. The highest BCUT2D eigenvalue weighted by molar-refractivity contribution is 9.10. The summed E-state index contributed by atoms with van der Waals surface area (Å²) in [6.07, 6.45) is 0. The van der Waals surface area contributed by atoms with Crippen molar-refractivity contribution >= 4 is 31.9 Å². The summed E-state index contributed by atoms with van der Waals surface area (Å²) in [5, 5.41) is 0. The van der Waals surface area contributed by atoms with Gasteiger partial charge in [-0.2, -0.15) is 0 Å². The van der Waals surface area contributed by atoms with E-state index >= 15 is 0 Å². The number of hydrogen-bond acceptors (Lipinski definition) is 4. The number of sulfonamides is 1. The number of hydrogen-bond donors (Lipinski definition) is 1. The molecule has 0 fully saturated rings. The molecule has 0 unspecified atom stereocenters. The van der Waals surface area contributed by atoms with Gasteiger partial charge in [0.2, 0.25) is 0 Å². The van der Waals surface area contributed by atoms with E-state index in [1.165, 1.54) is 36.4 Å². The van der Waals surface area contributed by atoms with Gasteiger partial charge in [0, 0.05) is 15.6 Å². The molecule has 8 heteroatoms. The van der Waals surface area contributed by atoms with Gasteiger partial charge in [-0.05, 0) is 58.4 Å². The van der Waals surface area contributed by atoms with Crippen LogP contribution in [0.5, 0.6) is 5.75 Å². The lowest BCUT2D eigenvalue weighted by molar-refractivity contribution is 0.0981. The van der Waals surface area contributed by atoms with Crippen LogP contribution in [0.15, 0.2) is 82.2 Å². The van der Waals surface area contributed by atoms with Gasteiger partial charge in [-0.3, -0.25) is 4.79 Å². The first-order chi connectivity index (χ1) is 13.4. The molecule has 0 aromatic heterocycles. The molecule has 0 spiro atoms. The third-order valence-electron chi connectivity index (χ3n) is 3.82. The van der Waals surface area contributed by atoms with Gasteiger partial charge < -0.3 is 4.74 Å². The van der Waals surface area contributed by atoms with Gasteiger partial charge in [-0.1, -0.05) is 30.3 Å². The molecule has 0 saturated heterocycles. The average molecular weight is 464 g/mol. The Kier molecular flexibility index (Phi) is 6.11. The van der Waals surface area contributed by atoms with Crippen LogP contribution >= 0.6 is 15.9 Å². The minimum absolute atomic E-state index is 0.0341. The van der Waals surface area contributed by atoms with Crippen molar-refractivity contribution in [1.82, 2.24) is 4.72 Å². The topological polar surface area (TPSA) is 72.5 Å². The maximum atomic E-state index is 13.6. The Morgan fingerprint density at radius 1 is 0.964 bits per heavy atom. The molecule has 0 aliphatic heterocycles. The first-order valence-electron chi connectivity index (χ1n) is 8.15. The number of rotatable bonds is 6. The van der Waals surface area contributed by atoms with Crippen LogP contribution in [0.4, 0.5) is 4.39 Å². The second kappa shape index (κ2) is 8.53. The van der Waals surface area contributed by atoms with E-state index < -0.39 is 15.9 Å². The third kappa shape index (κ3) is 4.76. The van der Waals surface area contributed by atoms with Crippen molar-refractivity contribution in [2.45, 2.75) is 11.5 Å². The maximum Gasteiger partial charge on any atom is 0.265 e. The number of carbonyl (C=O) groups is 1. The van der Waals surface area contributed by atoms with Crippen LogP contribution in [0, 0.1) is 5.82 Å². The molecule has 0 heterocycles. The zero-order valence-electron chi connectivity index (χ0n) is 14.4. The molecule has 28 heavy (non-hydrogen) atoms. The van der Waals surface area contributed by atoms with Crippen molar-refractivity contribution in [2.24, 2.45) is 0 Å². The van der Waals surface area contributed by atoms with E-state index in [9.17, 15) is 17.6 Å². The molecule has 3 rings (SSSR count). The van der Waals surface area contributed by atoms with Crippen molar-refractivity contribution in [1.29, 1.82) is 0 Å². The maximum absolute atomic E-state index is 13.6. The Bertz CT molecular complexity index is 1100. The number of ether oxygens (including phenoxy) is 1. The molecule has 0 atom stereocenters. The van der Waals surface area contributed by atoms with Crippen LogP contribution in [0.2, 0.25) is 0 Å². The SMILES string of the molecule is O=C(NS(=O)(=O)c1ccccc1Br)c1ccc(OCc2ccccc2F)cc1. The Labute approximate surface area is 170 Å². The molecule has 5 nitrogen and oxygen atoms in total. The molecule has 0 bridgehead atoms. The first kappa shape index (κ1) is 20.0. The first-order valence-corrected chi connectivity index (χ1v) is 10.4. The molecule has 0 aliphatic carbocycles. The lowest BCUT2D eigenvalue weighted by Crippen LogP contribution is -2.30. The van der Waals surface area contributed by atoms with Crippen molar-refractivity contribution < 1.29 is 22.3 Å². The summed E-state index contributed by atoms with van der Waals surface area (Å²) in [5.41, 5.74) is 0.553. The zero-order valence-corrected chi connectivity index (χ0v) is 16.8. The molecule has 3 aromatic rings. The van der Waals surface area contributed by atoms with Gasteiger partial charge in [0.1, 0.15) is 23.1 Å². The molecular weight excluding hydrogens is 449 g/mol. The summed E-state index contributed by atoms with van der Waals surface area (Å²) in [5.74, 6) is -0.708. The highest BCUT2D eigenvalue weighted by Gasteiger charge is 2.21. The van der Waals surface area contributed by atoms with Gasteiger partial charge in [0.05, 0.1) is 0 Å². The second-order valence-corrected chi connectivity index (χ2v) is 8.27. The quantitative estimate of drug-likeness (QED) is 0.591. The zero-order chi connectivity index (χ0) is 20.1. The van der Waals surface area contributed by atoms with Crippen molar-refractivity contribution in [3.63, 3.8) is 0 Å². The normalized spacial score (nSPS) is 11.1. The van der Waals surface area contributed by atoms with E-state index in [0.29, 0.717) is 15.8 Å². The number of benzene rings is 3. The van der Waals surface area contributed by atoms with E-state index in [0.717, 1.165) is 0 Å². The molecule has 1 amide bonds. The summed E-state index contributed by atoms with van der Waals surface area (Å²) < 4.78 is 46.2. The highest BCUT2D eigenvalue weighted by Crippen LogP contribution is 2.21. The predicted octanol–water partition coefficient (Wildman–Crippen LogP) is 4.29. The van der Waals surface area contributed by atoms with E-state index in [1.807, 2.05) is 4.72 Å². The number of nitrogens with one attached hydrogen (secondary N) is 1. The highest BCUT2D eigenvalue weighted by atomic mass is 79.9.